The summed E-state index contributed by atoms with van der Waals surface area (Å²) in [5, 5.41) is 8.34. The van der Waals surface area contributed by atoms with E-state index >= 15 is 0 Å². The Labute approximate surface area is 188 Å². The molecule has 1 fully saturated rings. The van der Waals surface area contributed by atoms with Gasteiger partial charge < -0.3 is 18.8 Å². The fraction of sp³-hybridized carbons (Fsp3) is 0.417. The van der Waals surface area contributed by atoms with Crippen molar-refractivity contribution in [1.29, 1.82) is 0 Å². The van der Waals surface area contributed by atoms with Gasteiger partial charge in [-0.3, -0.25) is 0 Å². The van der Waals surface area contributed by atoms with Crippen molar-refractivity contribution >= 4 is 11.8 Å². The summed E-state index contributed by atoms with van der Waals surface area (Å²) in [7, 11) is 2.18. The van der Waals surface area contributed by atoms with E-state index in [4.69, 9.17) is 13.9 Å². The third kappa shape index (κ3) is 6.74. The molecular formula is C24H29N3O3S. The first-order valence-electron chi connectivity index (χ1n) is 10.8. The van der Waals surface area contributed by atoms with Crippen molar-refractivity contribution < 1.29 is 13.9 Å². The molecule has 2 heterocycles. The Morgan fingerprint density at radius 3 is 2.65 bits per heavy atom. The van der Waals surface area contributed by atoms with E-state index in [0.717, 1.165) is 36.0 Å². The maximum absolute atomic E-state index is 5.99. The maximum Gasteiger partial charge on any atom is 0.247 e. The standard InChI is InChI=1S/C24H29N3O3S/c1-27-13-5-6-19(16-27)17-29-22-11-9-20(10-12-22)24-26-25-23(30-24)18-31-15-14-28-21-7-3-2-4-8-21/h2-4,7-12,19H,5-6,13-18H2,1H3. The normalized spacial score (nSPS) is 16.9. The molecule has 0 bridgehead atoms. The number of thioether (sulfide) groups is 1. The first-order valence-corrected chi connectivity index (χ1v) is 11.9. The molecule has 1 unspecified atom stereocenters. The van der Waals surface area contributed by atoms with Gasteiger partial charge in [0, 0.05) is 23.8 Å². The summed E-state index contributed by atoms with van der Waals surface area (Å²) in [6, 6.07) is 17.7. The summed E-state index contributed by atoms with van der Waals surface area (Å²) in [6.45, 7) is 3.71. The zero-order valence-electron chi connectivity index (χ0n) is 17.9. The van der Waals surface area contributed by atoms with Crippen LogP contribution in [0.1, 0.15) is 18.7 Å². The fourth-order valence-corrected chi connectivity index (χ4v) is 4.28. The molecule has 3 aromatic rings. The smallest absolute Gasteiger partial charge is 0.247 e. The van der Waals surface area contributed by atoms with Gasteiger partial charge in [0.2, 0.25) is 11.8 Å². The summed E-state index contributed by atoms with van der Waals surface area (Å²) < 4.78 is 17.5. The SMILES string of the molecule is CN1CCCC(COc2ccc(-c3nnc(CSCCOc4ccccc4)o3)cc2)C1. The number of nitrogens with zero attached hydrogens (tertiary/aromatic N) is 3. The van der Waals surface area contributed by atoms with Gasteiger partial charge in [-0.2, -0.15) is 0 Å². The second-order valence-electron chi connectivity index (χ2n) is 7.82. The second-order valence-corrected chi connectivity index (χ2v) is 8.93. The number of para-hydroxylation sites is 1. The lowest BCUT2D eigenvalue weighted by Crippen LogP contribution is -2.34. The van der Waals surface area contributed by atoms with Crippen molar-refractivity contribution in [2.24, 2.45) is 5.92 Å². The maximum atomic E-state index is 5.99. The van der Waals surface area contributed by atoms with E-state index in [9.17, 15) is 0 Å². The minimum absolute atomic E-state index is 0.539. The molecule has 1 aliphatic rings. The fourth-order valence-electron chi connectivity index (χ4n) is 3.64. The summed E-state index contributed by atoms with van der Waals surface area (Å²) in [5.41, 5.74) is 0.904. The largest absolute Gasteiger partial charge is 0.493 e. The van der Waals surface area contributed by atoms with Crippen LogP contribution in [-0.4, -0.2) is 54.2 Å². The molecule has 1 aliphatic heterocycles. The van der Waals surface area contributed by atoms with Gasteiger partial charge in [0.05, 0.1) is 19.0 Å². The van der Waals surface area contributed by atoms with Crippen molar-refractivity contribution in [2.75, 3.05) is 39.1 Å². The predicted octanol–water partition coefficient (Wildman–Crippen LogP) is 4.77. The predicted molar refractivity (Wildman–Crippen MR) is 124 cm³/mol. The Kier molecular flexibility index (Phi) is 7.85. The zero-order valence-corrected chi connectivity index (χ0v) is 18.7. The van der Waals surface area contributed by atoms with E-state index in [1.165, 1.54) is 19.4 Å². The van der Waals surface area contributed by atoms with E-state index < -0.39 is 0 Å². The number of ether oxygens (including phenoxy) is 2. The van der Waals surface area contributed by atoms with E-state index in [2.05, 4.69) is 22.1 Å². The van der Waals surface area contributed by atoms with Gasteiger partial charge in [-0.25, -0.2) is 0 Å². The van der Waals surface area contributed by atoms with Crippen LogP contribution in [0.3, 0.4) is 0 Å². The Hall–Kier alpha value is -2.51. The molecule has 2 aromatic carbocycles. The van der Waals surface area contributed by atoms with Crippen molar-refractivity contribution in [3.8, 4) is 23.0 Å². The van der Waals surface area contributed by atoms with Gasteiger partial charge in [0.25, 0.3) is 0 Å². The van der Waals surface area contributed by atoms with Crippen molar-refractivity contribution in [1.82, 2.24) is 15.1 Å². The van der Waals surface area contributed by atoms with Crippen LogP contribution in [0.25, 0.3) is 11.5 Å². The average molecular weight is 440 g/mol. The lowest BCUT2D eigenvalue weighted by atomic mass is 10.00. The van der Waals surface area contributed by atoms with Crippen LogP contribution in [0.15, 0.2) is 59.0 Å². The third-order valence-electron chi connectivity index (χ3n) is 5.24. The Morgan fingerprint density at radius 1 is 1.03 bits per heavy atom. The molecule has 164 valence electrons. The monoisotopic (exact) mass is 439 g/mol. The highest BCUT2D eigenvalue weighted by Gasteiger charge is 2.17. The van der Waals surface area contributed by atoms with E-state index in [-0.39, 0.29) is 0 Å². The van der Waals surface area contributed by atoms with Crippen LogP contribution in [0.4, 0.5) is 0 Å². The molecule has 7 heteroatoms. The topological polar surface area (TPSA) is 60.6 Å². The third-order valence-corrected chi connectivity index (χ3v) is 6.15. The quantitative estimate of drug-likeness (QED) is 0.422. The van der Waals surface area contributed by atoms with E-state index in [1.807, 2.05) is 54.6 Å². The number of benzene rings is 2. The lowest BCUT2D eigenvalue weighted by Gasteiger charge is -2.29. The molecule has 0 aliphatic carbocycles. The molecule has 1 saturated heterocycles. The number of piperidine rings is 1. The van der Waals surface area contributed by atoms with Crippen LogP contribution in [-0.2, 0) is 5.75 Å². The molecule has 0 N–H and O–H groups in total. The highest BCUT2D eigenvalue weighted by molar-refractivity contribution is 7.98. The Balaban J connectivity index is 1.19. The first-order chi connectivity index (χ1) is 15.3. The van der Waals surface area contributed by atoms with E-state index in [0.29, 0.717) is 30.1 Å². The highest BCUT2D eigenvalue weighted by atomic mass is 32.2. The Morgan fingerprint density at radius 2 is 1.84 bits per heavy atom. The van der Waals surface area contributed by atoms with Crippen LogP contribution in [0.5, 0.6) is 11.5 Å². The Bertz CT molecular complexity index is 917. The van der Waals surface area contributed by atoms with Gasteiger partial charge in [0.15, 0.2) is 0 Å². The van der Waals surface area contributed by atoms with Crippen LogP contribution >= 0.6 is 11.8 Å². The summed E-state index contributed by atoms with van der Waals surface area (Å²) in [6.07, 6.45) is 2.49. The molecule has 1 aromatic heterocycles. The summed E-state index contributed by atoms with van der Waals surface area (Å²) >= 11 is 1.71. The van der Waals surface area contributed by atoms with Gasteiger partial charge in [-0.05, 0) is 62.8 Å². The molecule has 31 heavy (non-hydrogen) atoms. The number of hydrogen-bond donors (Lipinski definition) is 0. The van der Waals surface area contributed by atoms with Crippen molar-refractivity contribution in [2.45, 2.75) is 18.6 Å². The van der Waals surface area contributed by atoms with Gasteiger partial charge in [-0.1, -0.05) is 18.2 Å². The minimum atomic E-state index is 0.539. The molecule has 6 nitrogen and oxygen atoms in total. The van der Waals surface area contributed by atoms with Crippen LogP contribution in [0, 0.1) is 5.92 Å². The number of hydrogen-bond acceptors (Lipinski definition) is 7. The molecule has 0 saturated carbocycles. The molecule has 1 atom stereocenters. The van der Waals surface area contributed by atoms with Gasteiger partial charge in [-0.15, -0.1) is 22.0 Å². The summed E-state index contributed by atoms with van der Waals surface area (Å²) in [5.74, 6) is 5.07. The molecular weight excluding hydrogens is 410 g/mol. The molecule has 0 spiro atoms. The lowest BCUT2D eigenvalue weighted by molar-refractivity contribution is 0.150. The van der Waals surface area contributed by atoms with Crippen molar-refractivity contribution in [3.63, 3.8) is 0 Å². The second kappa shape index (κ2) is 11.2. The van der Waals surface area contributed by atoms with Gasteiger partial charge in [0.1, 0.15) is 11.5 Å². The average Bonchev–Trinajstić information content (AvgIpc) is 3.28. The minimum Gasteiger partial charge on any atom is -0.493 e. The van der Waals surface area contributed by atoms with Crippen LogP contribution in [0.2, 0.25) is 0 Å². The molecule has 4 rings (SSSR count). The number of aromatic nitrogens is 2. The zero-order chi connectivity index (χ0) is 21.3. The molecule has 0 amide bonds. The van der Waals surface area contributed by atoms with Crippen molar-refractivity contribution in [3.05, 3.63) is 60.5 Å². The number of rotatable bonds is 10. The van der Waals surface area contributed by atoms with Gasteiger partial charge >= 0.3 is 0 Å². The van der Waals surface area contributed by atoms with E-state index in [1.54, 1.807) is 11.8 Å². The van der Waals surface area contributed by atoms with Crippen LogP contribution < -0.4 is 9.47 Å². The summed E-state index contributed by atoms with van der Waals surface area (Å²) in [4.78, 5) is 2.38. The number of likely N-dealkylation sites (tertiary alicyclic amines) is 1. The molecule has 0 radical (unpaired) electrons. The highest BCUT2D eigenvalue weighted by Crippen LogP contribution is 2.24. The first kappa shape index (κ1) is 21.7.